The van der Waals surface area contributed by atoms with Gasteiger partial charge in [0, 0.05) is 6.54 Å². The fourth-order valence-corrected chi connectivity index (χ4v) is 4.11. The number of aryl methyl sites for hydroxylation is 1. The van der Waals surface area contributed by atoms with Gasteiger partial charge in [0.1, 0.15) is 12.4 Å². The van der Waals surface area contributed by atoms with Crippen molar-refractivity contribution in [2.75, 3.05) is 5.75 Å². The molecule has 4 rings (SSSR count). The lowest BCUT2D eigenvalue weighted by Crippen LogP contribution is -2.20. The van der Waals surface area contributed by atoms with Crippen molar-refractivity contribution in [1.29, 1.82) is 0 Å². The Morgan fingerprint density at radius 1 is 1.09 bits per heavy atom. The van der Waals surface area contributed by atoms with E-state index in [0.29, 0.717) is 6.61 Å². The van der Waals surface area contributed by atoms with Crippen LogP contribution in [0.2, 0.25) is 0 Å². The number of ether oxygens (including phenoxy) is 1. The molecule has 0 radical (unpaired) electrons. The first kappa shape index (κ1) is 21.6. The summed E-state index contributed by atoms with van der Waals surface area (Å²) in [6.07, 6.45) is 1.61. The molecular formula is C25H24N4O2S. The van der Waals surface area contributed by atoms with E-state index in [1.807, 2.05) is 78.9 Å². The molecule has 0 saturated heterocycles. The van der Waals surface area contributed by atoms with Gasteiger partial charge in [-0.2, -0.15) is 5.10 Å². The average molecular weight is 445 g/mol. The van der Waals surface area contributed by atoms with Gasteiger partial charge in [0.15, 0.2) is 5.16 Å². The zero-order chi connectivity index (χ0) is 22.2. The number of nitrogens with one attached hydrogen (secondary N) is 1. The molecule has 1 aromatic heterocycles. The van der Waals surface area contributed by atoms with Crippen molar-refractivity contribution in [3.8, 4) is 5.75 Å². The van der Waals surface area contributed by atoms with Crippen molar-refractivity contribution in [3.63, 3.8) is 0 Å². The lowest BCUT2D eigenvalue weighted by molar-refractivity contribution is -0.118. The Morgan fingerprint density at radius 2 is 1.91 bits per heavy atom. The summed E-state index contributed by atoms with van der Waals surface area (Å²) in [5, 5.41) is 4.91. The number of rotatable bonds is 9. The van der Waals surface area contributed by atoms with Gasteiger partial charge >= 0.3 is 0 Å². The van der Waals surface area contributed by atoms with Gasteiger partial charge in [0.2, 0.25) is 0 Å². The maximum atomic E-state index is 12.2. The molecule has 162 valence electrons. The molecule has 0 atom stereocenters. The van der Waals surface area contributed by atoms with Gasteiger partial charge in [-0.05, 0) is 42.3 Å². The fourth-order valence-electron chi connectivity index (χ4n) is 3.24. The quantitative estimate of drug-likeness (QED) is 0.227. The van der Waals surface area contributed by atoms with E-state index in [1.165, 1.54) is 11.8 Å². The van der Waals surface area contributed by atoms with E-state index >= 15 is 0 Å². The third-order valence-corrected chi connectivity index (χ3v) is 5.75. The highest BCUT2D eigenvalue weighted by Crippen LogP contribution is 2.23. The molecule has 1 heterocycles. The molecule has 0 spiro atoms. The van der Waals surface area contributed by atoms with Crippen LogP contribution >= 0.6 is 11.8 Å². The number of fused-ring (bicyclic) bond motifs is 1. The van der Waals surface area contributed by atoms with E-state index in [9.17, 15) is 4.79 Å². The summed E-state index contributed by atoms with van der Waals surface area (Å²) in [5.74, 6) is 0.802. The standard InChI is InChI=1S/C25H24N4O2S/c1-2-29-23-14-7-6-13-22(23)27-25(29)32-18-24(30)28-26-16-20-11-8-12-21(15-20)31-17-19-9-4-3-5-10-19/h3-16H,2,17-18H2,1H3,(H,28,30). The first-order valence-electron chi connectivity index (χ1n) is 10.4. The Hall–Kier alpha value is -3.58. The van der Waals surface area contributed by atoms with Crippen LogP contribution in [0.4, 0.5) is 0 Å². The Kier molecular flexibility index (Phi) is 7.19. The Labute approximate surface area is 191 Å². The molecule has 6 nitrogen and oxygen atoms in total. The molecule has 0 aliphatic heterocycles. The van der Waals surface area contributed by atoms with Gasteiger partial charge in [-0.1, -0.05) is 66.4 Å². The minimum Gasteiger partial charge on any atom is -0.489 e. The summed E-state index contributed by atoms with van der Waals surface area (Å²) in [5.41, 5.74) is 6.54. The molecule has 1 amide bonds. The molecule has 0 saturated carbocycles. The molecular weight excluding hydrogens is 420 g/mol. The summed E-state index contributed by atoms with van der Waals surface area (Å²) >= 11 is 1.40. The highest BCUT2D eigenvalue weighted by molar-refractivity contribution is 7.99. The van der Waals surface area contributed by atoms with Crippen molar-refractivity contribution < 1.29 is 9.53 Å². The number of aromatic nitrogens is 2. The van der Waals surface area contributed by atoms with Crippen LogP contribution in [0.15, 0.2) is 89.1 Å². The molecule has 3 aromatic carbocycles. The molecule has 0 aliphatic rings. The minimum absolute atomic E-state index is 0.183. The number of amides is 1. The maximum absolute atomic E-state index is 12.2. The largest absolute Gasteiger partial charge is 0.489 e. The first-order valence-corrected chi connectivity index (χ1v) is 11.4. The number of hydrogen-bond donors (Lipinski definition) is 1. The van der Waals surface area contributed by atoms with E-state index in [1.54, 1.807) is 6.21 Å². The van der Waals surface area contributed by atoms with Crippen molar-refractivity contribution in [2.24, 2.45) is 5.10 Å². The van der Waals surface area contributed by atoms with E-state index in [0.717, 1.165) is 39.6 Å². The number of nitrogens with zero attached hydrogens (tertiary/aromatic N) is 3. The highest BCUT2D eigenvalue weighted by atomic mass is 32.2. The number of imidazole rings is 1. The van der Waals surface area contributed by atoms with Gasteiger partial charge in [-0.15, -0.1) is 0 Å². The zero-order valence-electron chi connectivity index (χ0n) is 17.8. The number of carbonyl (C=O) groups is 1. The molecule has 4 aromatic rings. The molecule has 32 heavy (non-hydrogen) atoms. The van der Waals surface area contributed by atoms with E-state index < -0.39 is 0 Å². The molecule has 1 N–H and O–H groups in total. The summed E-state index contributed by atoms with van der Waals surface area (Å²) in [4.78, 5) is 16.9. The monoisotopic (exact) mass is 444 g/mol. The van der Waals surface area contributed by atoms with Gasteiger partial charge in [0.25, 0.3) is 5.91 Å². The van der Waals surface area contributed by atoms with Crippen molar-refractivity contribution >= 4 is 34.9 Å². The van der Waals surface area contributed by atoms with Crippen LogP contribution < -0.4 is 10.2 Å². The van der Waals surface area contributed by atoms with E-state index in [2.05, 4.69) is 27.0 Å². The lowest BCUT2D eigenvalue weighted by atomic mass is 10.2. The zero-order valence-corrected chi connectivity index (χ0v) is 18.6. The van der Waals surface area contributed by atoms with Gasteiger partial charge in [-0.3, -0.25) is 4.79 Å². The van der Waals surface area contributed by atoms with Gasteiger partial charge < -0.3 is 9.30 Å². The second-order valence-electron chi connectivity index (χ2n) is 7.06. The molecule has 0 aliphatic carbocycles. The number of hydrogen-bond acceptors (Lipinski definition) is 5. The van der Waals surface area contributed by atoms with E-state index in [-0.39, 0.29) is 11.7 Å². The second-order valence-corrected chi connectivity index (χ2v) is 8.00. The highest BCUT2D eigenvalue weighted by Gasteiger charge is 2.11. The maximum Gasteiger partial charge on any atom is 0.250 e. The van der Waals surface area contributed by atoms with Crippen molar-refractivity contribution in [1.82, 2.24) is 15.0 Å². The Bertz CT molecular complexity index is 1220. The van der Waals surface area contributed by atoms with Crippen LogP contribution in [0, 0.1) is 0 Å². The van der Waals surface area contributed by atoms with Crippen LogP contribution in [0.3, 0.4) is 0 Å². The Morgan fingerprint density at radius 3 is 2.75 bits per heavy atom. The van der Waals surface area contributed by atoms with Crippen LogP contribution in [0.25, 0.3) is 11.0 Å². The summed E-state index contributed by atoms with van der Waals surface area (Å²) in [6.45, 7) is 3.36. The average Bonchev–Trinajstić information content (AvgIpc) is 3.20. The molecule has 7 heteroatoms. The van der Waals surface area contributed by atoms with Crippen molar-refractivity contribution in [2.45, 2.75) is 25.2 Å². The smallest absolute Gasteiger partial charge is 0.250 e. The van der Waals surface area contributed by atoms with Crippen LogP contribution in [-0.2, 0) is 17.9 Å². The predicted octanol–water partition coefficient (Wildman–Crippen LogP) is 4.88. The molecule has 0 unspecified atom stereocenters. The number of thioether (sulfide) groups is 1. The normalized spacial score (nSPS) is 11.2. The molecule has 0 bridgehead atoms. The number of para-hydroxylation sites is 2. The summed E-state index contributed by atoms with van der Waals surface area (Å²) in [7, 11) is 0. The summed E-state index contributed by atoms with van der Waals surface area (Å²) < 4.78 is 7.94. The minimum atomic E-state index is -0.183. The van der Waals surface area contributed by atoms with Gasteiger partial charge in [0.05, 0.1) is 23.0 Å². The predicted molar refractivity (Wildman–Crippen MR) is 129 cm³/mol. The van der Waals surface area contributed by atoms with Crippen LogP contribution in [0.1, 0.15) is 18.1 Å². The third kappa shape index (κ3) is 5.56. The Balaban J connectivity index is 1.29. The molecule has 0 fully saturated rings. The van der Waals surface area contributed by atoms with Gasteiger partial charge in [-0.25, -0.2) is 10.4 Å². The topological polar surface area (TPSA) is 68.5 Å². The number of carbonyl (C=O) groups excluding carboxylic acids is 1. The van der Waals surface area contributed by atoms with E-state index in [4.69, 9.17) is 4.74 Å². The summed E-state index contributed by atoms with van der Waals surface area (Å²) in [6, 6.07) is 25.6. The number of hydrazone groups is 1. The van der Waals surface area contributed by atoms with Crippen molar-refractivity contribution in [3.05, 3.63) is 90.0 Å². The first-order chi connectivity index (χ1) is 15.7. The lowest BCUT2D eigenvalue weighted by Gasteiger charge is -2.07. The fraction of sp³-hybridized carbons (Fsp3) is 0.160. The van der Waals surface area contributed by atoms with Crippen LogP contribution in [0.5, 0.6) is 5.75 Å². The third-order valence-electron chi connectivity index (χ3n) is 4.78. The number of benzene rings is 3. The second kappa shape index (κ2) is 10.6. The SMILES string of the molecule is CCn1c(SCC(=O)NN=Cc2cccc(OCc3ccccc3)c2)nc2ccccc21. The van der Waals surface area contributed by atoms with Crippen LogP contribution in [-0.4, -0.2) is 27.4 Å².